The first-order valence-corrected chi connectivity index (χ1v) is 9.60. The van der Waals surface area contributed by atoms with E-state index in [-0.39, 0.29) is 24.2 Å². The Morgan fingerprint density at radius 1 is 1.11 bits per heavy atom. The van der Waals surface area contributed by atoms with Crippen molar-refractivity contribution in [2.75, 3.05) is 6.61 Å². The minimum absolute atomic E-state index is 0.0166. The first-order chi connectivity index (χ1) is 13.4. The summed E-state index contributed by atoms with van der Waals surface area (Å²) in [5.74, 6) is 1.39. The third-order valence-electron chi connectivity index (χ3n) is 5.05. The lowest BCUT2D eigenvalue weighted by atomic mass is 9.89. The summed E-state index contributed by atoms with van der Waals surface area (Å²) < 4.78 is 11.8. The number of amides is 1. The van der Waals surface area contributed by atoms with Crippen molar-refractivity contribution in [2.24, 2.45) is 0 Å². The van der Waals surface area contributed by atoms with Crippen molar-refractivity contribution >= 4 is 16.7 Å². The fraction of sp³-hybridized carbons (Fsp3) is 0.292. The molecule has 0 aliphatic carbocycles. The number of carbonyl (C=O) groups is 1. The zero-order chi connectivity index (χ0) is 19.7. The molecule has 3 aromatic rings. The largest absolute Gasteiger partial charge is 0.487 e. The number of ether oxygens (including phenoxy) is 2. The average molecular weight is 375 g/mol. The predicted octanol–water partition coefficient (Wildman–Crippen LogP) is 4.95. The van der Waals surface area contributed by atoms with E-state index in [0.29, 0.717) is 12.2 Å². The number of nitrogens with one attached hydrogen (secondary N) is 1. The van der Waals surface area contributed by atoms with Crippen molar-refractivity contribution < 1.29 is 14.3 Å². The average Bonchev–Trinajstić information content (AvgIpc) is 2.66. The van der Waals surface area contributed by atoms with Gasteiger partial charge in [0.1, 0.15) is 17.1 Å². The summed E-state index contributed by atoms with van der Waals surface area (Å²) in [5.41, 5.74) is 1.84. The number of aryl methyl sites for hydroxylation is 1. The molecule has 0 spiro atoms. The van der Waals surface area contributed by atoms with E-state index in [1.165, 1.54) is 0 Å². The minimum Gasteiger partial charge on any atom is -0.487 e. The summed E-state index contributed by atoms with van der Waals surface area (Å²) in [6, 6.07) is 19.9. The molecule has 1 aliphatic rings. The maximum atomic E-state index is 12.6. The van der Waals surface area contributed by atoms with Crippen LogP contribution in [0.15, 0.2) is 60.7 Å². The Bertz CT molecular complexity index is 1030. The second-order valence-corrected chi connectivity index (χ2v) is 8.02. The van der Waals surface area contributed by atoms with Gasteiger partial charge in [0.2, 0.25) is 0 Å². The SMILES string of the molecule is Cc1ccc2c(c1)[C@H](NC(=O)COc1ccc3ccccc3c1)CC(C)(C)O2. The van der Waals surface area contributed by atoms with E-state index in [0.717, 1.165) is 27.6 Å². The van der Waals surface area contributed by atoms with Crippen LogP contribution in [-0.4, -0.2) is 18.1 Å². The van der Waals surface area contributed by atoms with Gasteiger partial charge in [0.05, 0.1) is 6.04 Å². The van der Waals surface area contributed by atoms with Gasteiger partial charge >= 0.3 is 0 Å². The molecular formula is C24H25NO3. The molecule has 1 atom stereocenters. The van der Waals surface area contributed by atoms with Gasteiger partial charge in [0.15, 0.2) is 6.61 Å². The molecule has 144 valence electrons. The van der Waals surface area contributed by atoms with Crippen LogP contribution < -0.4 is 14.8 Å². The summed E-state index contributed by atoms with van der Waals surface area (Å²) in [6.07, 6.45) is 0.713. The Balaban J connectivity index is 1.45. The van der Waals surface area contributed by atoms with E-state index >= 15 is 0 Å². The highest BCUT2D eigenvalue weighted by Crippen LogP contribution is 2.39. The molecule has 1 amide bonds. The molecule has 0 fully saturated rings. The van der Waals surface area contributed by atoms with Crippen LogP contribution in [0.1, 0.15) is 37.4 Å². The van der Waals surface area contributed by atoms with Gasteiger partial charge in [-0.3, -0.25) is 4.79 Å². The Morgan fingerprint density at radius 2 is 1.89 bits per heavy atom. The van der Waals surface area contributed by atoms with Crippen LogP contribution in [0.2, 0.25) is 0 Å². The van der Waals surface area contributed by atoms with Gasteiger partial charge in [-0.15, -0.1) is 0 Å². The highest BCUT2D eigenvalue weighted by molar-refractivity contribution is 5.84. The lowest BCUT2D eigenvalue weighted by molar-refractivity contribution is -0.124. The second kappa shape index (κ2) is 7.19. The third-order valence-corrected chi connectivity index (χ3v) is 5.05. The van der Waals surface area contributed by atoms with E-state index in [9.17, 15) is 4.79 Å². The van der Waals surface area contributed by atoms with Gasteiger partial charge in [0.25, 0.3) is 5.91 Å². The summed E-state index contributed by atoms with van der Waals surface area (Å²) in [6.45, 7) is 6.11. The molecule has 0 aromatic heterocycles. The second-order valence-electron chi connectivity index (χ2n) is 8.02. The summed E-state index contributed by atoms with van der Waals surface area (Å²) >= 11 is 0. The number of hydrogen-bond donors (Lipinski definition) is 1. The molecule has 0 saturated heterocycles. The van der Waals surface area contributed by atoms with Crippen LogP contribution in [0.3, 0.4) is 0 Å². The topological polar surface area (TPSA) is 47.6 Å². The molecule has 4 heteroatoms. The van der Waals surface area contributed by atoms with Gasteiger partial charge in [-0.05, 0) is 49.7 Å². The Kier molecular flexibility index (Phi) is 4.71. The normalized spacial score (nSPS) is 17.5. The van der Waals surface area contributed by atoms with Gasteiger partial charge in [0, 0.05) is 12.0 Å². The maximum Gasteiger partial charge on any atom is 0.258 e. The monoisotopic (exact) mass is 375 g/mol. The Morgan fingerprint density at radius 3 is 2.71 bits per heavy atom. The van der Waals surface area contributed by atoms with Gasteiger partial charge in [-0.25, -0.2) is 0 Å². The van der Waals surface area contributed by atoms with Crippen molar-refractivity contribution in [3.8, 4) is 11.5 Å². The molecule has 0 radical (unpaired) electrons. The molecule has 4 nitrogen and oxygen atoms in total. The van der Waals surface area contributed by atoms with Crippen LogP contribution >= 0.6 is 0 Å². The fourth-order valence-corrected chi connectivity index (χ4v) is 3.74. The molecule has 1 heterocycles. The molecule has 0 unspecified atom stereocenters. The number of carbonyl (C=O) groups excluding carboxylic acids is 1. The van der Waals surface area contributed by atoms with E-state index in [2.05, 4.69) is 17.4 Å². The van der Waals surface area contributed by atoms with Gasteiger partial charge in [-0.2, -0.15) is 0 Å². The predicted molar refractivity (Wildman–Crippen MR) is 111 cm³/mol. The van der Waals surface area contributed by atoms with E-state index in [1.54, 1.807) is 0 Å². The molecule has 4 rings (SSSR count). The maximum absolute atomic E-state index is 12.6. The van der Waals surface area contributed by atoms with Gasteiger partial charge in [-0.1, -0.05) is 48.0 Å². The summed E-state index contributed by atoms with van der Waals surface area (Å²) in [5, 5.41) is 5.36. The number of hydrogen-bond acceptors (Lipinski definition) is 3. The molecule has 0 bridgehead atoms. The molecule has 1 N–H and O–H groups in total. The smallest absolute Gasteiger partial charge is 0.258 e. The molecule has 1 aliphatic heterocycles. The highest BCUT2D eigenvalue weighted by atomic mass is 16.5. The van der Waals surface area contributed by atoms with E-state index < -0.39 is 0 Å². The quantitative estimate of drug-likeness (QED) is 0.702. The van der Waals surface area contributed by atoms with Gasteiger partial charge < -0.3 is 14.8 Å². The van der Waals surface area contributed by atoms with Crippen LogP contribution in [0.4, 0.5) is 0 Å². The standard InChI is InChI=1S/C24H25NO3/c1-16-8-11-22-20(12-16)21(14-24(2,3)28-22)25-23(26)15-27-19-10-9-17-6-4-5-7-18(17)13-19/h4-13,21H,14-15H2,1-3H3,(H,25,26)/t21-/m1/s1. The number of fused-ring (bicyclic) bond motifs is 2. The Labute approximate surface area is 165 Å². The summed E-state index contributed by atoms with van der Waals surface area (Å²) in [7, 11) is 0. The first kappa shape index (κ1) is 18.4. The molecule has 0 saturated carbocycles. The van der Waals surface area contributed by atoms with Crippen LogP contribution in [0, 0.1) is 6.92 Å². The van der Waals surface area contributed by atoms with Crippen molar-refractivity contribution in [1.82, 2.24) is 5.32 Å². The Hall–Kier alpha value is -3.01. The highest BCUT2D eigenvalue weighted by Gasteiger charge is 2.34. The number of rotatable bonds is 4. The van der Waals surface area contributed by atoms with Crippen LogP contribution in [0.25, 0.3) is 10.8 Å². The van der Waals surface area contributed by atoms with E-state index in [1.807, 2.05) is 69.3 Å². The van der Waals surface area contributed by atoms with Crippen molar-refractivity contribution in [3.05, 3.63) is 71.8 Å². The first-order valence-electron chi connectivity index (χ1n) is 9.60. The van der Waals surface area contributed by atoms with Crippen LogP contribution in [-0.2, 0) is 4.79 Å². The van der Waals surface area contributed by atoms with Crippen molar-refractivity contribution in [3.63, 3.8) is 0 Å². The minimum atomic E-state index is -0.334. The molecule has 28 heavy (non-hydrogen) atoms. The zero-order valence-corrected chi connectivity index (χ0v) is 16.5. The lowest BCUT2D eigenvalue weighted by Gasteiger charge is -2.38. The molecular weight excluding hydrogens is 350 g/mol. The van der Waals surface area contributed by atoms with Crippen molar-refractivity contribution in [2.45, 2.75) is 38.8 Å². The van der Waals surface area contributed by atoms with Crippen molar-refractivity contribution in [1.29, 1.82) is 0 Å². The van der Waals surface area contributed by atoms with E-state index in [4.69, 9.17) is 9.47 Å². The summed E-state index contributed by atoms with van der Waals surface area (Å²) in [4.78, 5) is 12.6. The lowest BCUT2D eigenvalue weighted by Crippen LogP contribution is -2.42. The third kappa shape index (κ3) is 3.96. The fourth-order valence-electron chi connectivity index (χ4n) is 3.74. The van der Waals surface area contributed by atoms with Crippen LogP contribution in [0.5, 0.6) is 11.5 Å². The zero-order valence-electron chi connectivity index (χ0n) is 16.5. The molecule has 3 aromatic carbocycles. The number of benzene rings is 3.